The van der Waals surface area contributed by atoms with Crippen LogP contribution in [0.4, 0.5) is 0 Å². The van der Waals surface area contributed by atoms with Crippen LogP contribution in [0.1, 0.15) is 16.4 Å². The SMILES string of the molecule is COc1ccc(C2C(C#N)=C(N)Oc3c2sc2nc(SC)nc(-c4ccc5ccccc5c4)c32)cc1. The molecular weight excluding hydrogens is 488 g/mol. The minimum absolute atomic E-state index is 0.101. The van der Waals surface area contributed by atoms with E-state index in [0.717, 1.165) is 48.4 Å². The van der Waals surface area contributed by atoms with E-state index >= 15 is 0 Å². The van der Waals surface area contributed by atoms with Crippen molar-refractivity contribution in [2.45, 2.75) is 11.1 Å². The van der Waals surface area contributed by atoms with Gasteiger partial charge in [0.1, 0.15) is 22.2 Å². The molecule has 0 spiro atoms. The Balaban J connectivity index is 1.62. The lowest BCUT2D eigenvalue weighted by Crippen LogP contribution is -2.19. The second kappa shape index (κ2) is 8.86. The number of methoxy groups -OCH3 is 1. The number of rotatable bonds is 4. The van der Waals surface area contributed by atoms with E-state index in [1.807, 2.05) is 42.7 Å². The van der Waals surface area contributed by atoms with Gasteiger partial charge in [-0.3, -0.25) is 0 Å². The van der Waals surface area contributed by atoms with Gasteiger partial charge in [-0.25, -0.2) is 9.97 Å². The number of aromatic nitrogens is 2. The number of allylic oxidation sites excluding steroid dienone is 1. The third-order valence-electron chi connectivity index (χ3n) is 6.32. The van der Waals surface area contributed by atoms with Crippen molar-refractivity contribution in [1.82, 2.24) is 9.97 Å². The molecule has 6 rings (SSSR count). The van der Waals surface area contributed by atoms with Gasteiger partial charge in [0.25, 0.3) is 0 Å². The fourth-order valence-corrected chi connectivity index (χ4v) is 6.24. The number of nitrogens with zero attached hydrogens (tertiary/aromatic N) is 3. The summed E-state index contributed by atoms with van der Waals surface area (Å²) in [5.74, 6) is 1.09. The van der Waals surface area contributed by atoms with Gasteiger partial charge in [0.2, 0.25) is 5.88 Å². The first-order valence-corrected chi connectivity index (χ1v) is 13.2. The molecule has 1 aliphatic heterocycles. The van der Waals surface area contributed by atoms with Gasteiger partial charge >= 0.3 is 0 Å². The first-order valence-electron chi connectivity index (χ1n) is 11.2. The maximum absolute atomic E-state index is 9.99. The Morgan fingerprint density at radius 3 is 2.56 bits per heavy atom. The van der Waals surface area contributed by atoms with Crippen LogP contribution in [0.15, 0.2) is 83.3 Å². The Morgan fingerprint density at radius 1 is 1.06 bits per heavy atom. The van der Waals surface area contributed by atoms with Crippen LogP contribution in [0.5, 0.6) is 11.5 Å². The summed E-state index contributed by atoms with van der Waals surface area (Å²) < 4.78 is 11.5. The van der Waals surface area contributed by atoms with Crippen LogP contribution in [0.3, 0.4) is 0 Å². The summed E-state index contributed by atoms with van der Waals surface area (Å²) in [6.07, 6.45) is 1.96. The normalized spacial score (nSPS) is 15.0. The molecule has 0 saturated heterocycles. The van der Waals surface area contributed by atoms with Gasteiger partial charge in [-0.15, -0.1) is 11.3 Å². The van der Waals surface area contributed by atoms with Gasteiger partial charge < -0.3 is 15.2 Å². The molecule has 0 aliphatic carbocycles. The molecular formula is C28H20N4O2S2. The quantitative estimate of drug-likeness (QED) is 0.220. The number of thiophene rings is 1. The maximum atomic E-state index is 9.99. The van der Waals surface area contributed by atoms with Crippen LogP contribution in [-0.2, 0) is 0 Å². The molecule has 0 radical (unpaired) electrons. The van der Waals surface area contributed by atoms with E-state index in [-0.39, 0.29) is 11.8 Å². The summed E-state index contributed by atoms with van der Waals surface area (Å²) in [5, 5.41) is 13.8. The molecule has 5 aromatic rings. The molecule has 0 bridgehead atoms. The molecule has 176 valence electrons. The molecule has 6 nitrogen and oxygen atoms in total. The fraction of sp³-hybridized carbons (Fsp3) is 0.107. The largest absolute Gasteiger partial charge is 0.497 e. The Hall–Kier alpha value is -4.06. The van der Waals surface area contributed by atoms with Gasteiger partial charge in [-0.2, -0.15) is 5.26 Å². The standard InChI is InChI=1S/C28H20N4O2S2/c1-33-19-11-9-16(10-12-19)21-20(14-29)26(30)34-24-22-23(31-28(35-2)32-27(22)36-25(21)24)18-8-7-15-5-3-4-6-17(15)13-18/h3-13,21H,30H2,1-2H3. The topological polar surface area (TPSA) is 94.0 Å². The van der Waals surface area contributed by atoms with Crippen molar-refractivity contribution >= 4 is 44.1 Å². The van der Waals surface area contributed by atoms with Crippen molar-refractivity contribution in [3.8, 4) is 28.8 Å². The van der Waals surface area contributed by atoms with Crippen LogP contribution in [0.25, 0.3) is 32.2 Å². The summed E-state index contributed by atoms with van der Waals surface area (Å²) >= 11 is 3.01. The Labute approximate surface area is 216 Å². The number of hydrogen-bond donors (Lipinski definition) is 1. The predicted molar refractivity (Wildman–Crippen MR) is 144 cm³/mol. The molecule has 1 aliphatic rings. The number of hydrogen-bond acceptors (Lipinski definition) is 8. The molecule has 36 heavy (non-hydrogen) atoms. The average Bonchev–Trinajstić information content (AvgIpc) is 3.29. The molecule has 2 aromatic heterocycles. The van der Waals surface area contributed by atoms with Crippen molar-refractivity contribution in [3.63, 3.8) is 0 Å². The van der Waals surface area contributed by atoms with Gasteiger partial charge in [-0.1, -0.05) is 60.3 Å². The van der Waals surface area contributed by atoms with E-state index in [4.69, 9.17) is 25.2 Å². The summed E-state index contributed by atoms with van der Waals surface area (Å²) in [7, 11) is 1.63. The smallest absolute Gasteiger partial charge is 0.205 e. The highest BCUT2D eigenvalue weighted by molar-refractivity contribution is 7.98. The van der Waals surface area contributed by atoms with Crippen LogP contribution < -0.4 is 15.2 Å². The molecule has 8 heteroatoms. The van der Waals surface area contributed by atoms with Crippen molar-refractivity contribution in [1.29, 1.82) is 5.26 Å². The Bertz CT molecular complexity index is 1720. The first kappa shape index (κ1) is 22.4. The fourth-order valence-electron chi connectivity index (χ4n) is 4.57. The number of fused-ring (bicyclic) bond motifs is 4. The number of thioether (sulfide) groups is 1. The van der Waals surface area contributed by atoms with Crippen molar-refractivity contribution in [2.24, 2.45) is 5.73 Å². The van der Waals surface area contributed by atoms with Gasteiger partial charge in [0, 0.05) is 5.56 Å². The zero-order valence-electron chi connectivity index (χ0n) is 19.5. The molecule has 2 N–H and O–H groups in total. The summed E-state index contributed by atoms with van der Waals surface area (Å²) in [4.78, 5) is 11.4. The van der Waals surface area contributed by atoms with E-state index in [2.05, 4.69) is 36.4 Å². The van der Waals surface area contributed by atoms with Gasteiger partial charge in [0.15, 0.2) is 10.9 Å². The molecule has 3 heterocycles. The number of benzene rings is 3. The zero-order valence-corrected chi connectivity index (χ0v) is 21.1. The highest BCUT2D eigenvalue weighted by Crippen LogP contribution is 2.52. The molecule has 0 saturated carbocycles. The number of ether oxygens (including phenoxy) is 2. The number of nitrogens with two attached hydrogens (primary N) is 1. The molecule has 0 amide bonds. The van der Waals surface area contributed by atoms with Crippen LogP contribution in [0.2, 0.25) is 0 Å². The minimum Gasteiger partial charge on any atom is -0.497 e. The monoisotopic (exact) mass is 508 g/mol. The molecule has 3 aromatic carbocycles. The summed E-state index contributed by atoms with van der Waals surface area (Å²) in [6.45, 7) is 0. The zero-order chi connectivity index (χ0) is 24.8. The summed E-state index contributed by atoms with van der Waals surface area (Å²) in [5.41, 5.74) is 9.39. The van der Waals surface area contributed by atoms with E-state index in [1.54, 1.807) is 7.11 Å². The highest BCUT2D eigenvalue weighted by atomic mass is 32.2. The number of nitriles is 1. The third-order valence-corrected chi connectivity index (χ3v) is 7.99. The van der Waals surface area contributed by atoms with Crippen LogP contribution >= 0.6 is 23.1 Å². The van der Waals surface area contributed by atoms with Crippen molar-refractivity contribution in [2.75, 3.05) is 13.4 Å². The average molecular weight is 509 g/mol. The van der Waals surface area contributed by atoms with E-state index in [0.29, 0.717) is 16.5 Å². The first-order chi connectivity index (χ1) is 17.6. The van der Waals surface area contributed by atoms with Crippen molar-refractivity contribution in [3.05, 3.63) is 88.6 Å². The lowest BCUT2D eigenvalue weighted by molar-refractivity contribution is 0.401. The molecule has 0 fully saturated rings. The third kappa shape index (κ3) is 3.56. The Kier molecular flexibility index (Phi) is 5.52. The van der Waals surface area contributed by atoms with Crippen molar-refractivity contribution < 1.29 is 9.47 Å². The predicted octanol–water partition coefficient (Wildman–Crippen LogP) is 6.46. The van der Waals surface area contributed by atoms with Gasteiger partial charge in [-0.05, 0) is 40.8 Å². The van der Waals surface area contributed by atoms with Crippen LogP contribution in [-0.4, -0.2) is 23.3 Å². The van der Waals surface area contributed by atoms with E-state index < -0.39 is 0 Å². The molecule has 1 atom stereocenters. The summed E-state index contributed by atoms with van der Waals surface area (Å²) in [6, 6.07) is 24.5. The van der Waals surface area contributed by atoms with E-state index in [9.17, 15) is 5.26 Å². The molecule has 1 unspecified atom stereocenters. The lowest BCUT2D eigenvalue weighted by Gasteiger charge is -2.24. The Morgan fingerprint density at radius 2 is 1.83 bits per heavy atom. The van der Waals surface area contributed by atoms with E-state index in [1.165, 1.54) is 23.1 Å². The minimum atomic E-state index is -0.369. The maximum Gasteiger partial charge on any atom is 0.205 e. The second-order valence-electron chi connectivity index (χ2n) is 8.29. The highest BCUT2D eigenvalue weighted by Gasteiger charge is 2.35. The second-order valence-corrected chi connectivity index (χ2v) is 10.1. The lowest BCUT2D eigenvalue weighted by atomic mass is 9.88. The van der Waals surface area contributed by atoms with Crippen LogP contribution in [0, 0.1) is 11.3 Å². The van der Waals surface area contributed by atoms with Gasteiger partial charge in [0.05, 0.1) is 29.0 Å².